The monoisotopic (exact) mass is 292 g/mol. The standard InChI is InChI=1S/C13H13FN4O3/c1-7-5-4-6-9(10(7)14)21-12-11(18(19)20)8(2)16-13(15-3)17-12/h4-6H,1-3H3,(H,15,16,17). The highest BCUT2D eigenvalue weighted by molar-refractivity contribution is 5.50. The van der Waals surface area contributed by atoms with Gasteiger partial charge in [-0.3, -0.25) is 10.1 Å². The summed E-state index contributed by atoms with van der Waals surface area (Å²) in [6.45, 7) is 3.03. The van der Waals surface area contributed by atoms with E-state index in [0.29, 0.717) is 5.56 Å². The SMILES string of the molecule is CNc1nc(C)c([N+](=O)[O-])c(Oc2cccc(C)c2F)n1. The van der Waals surface area contributed by atoms with Crippen molar-refractivity contribution in [2.75, 3.05) is 12.4 Å². The lowest BCUT2D eigenvalue weighted by atomic mass is 10.2. The van der Waals surface area contributed by atoms with E-state index in [0.717, 1.165) is 0 Å². The van der Waals surface area contributed by atoms with E-state index in [1.807, 2.05) is 0 Å². The number of ether oxygens (including phenoxy) is 1. The van der Waals surface area contributed by atoms with E-state index in [1.54, 1.807) is 26.1 Å². The van der Waals surface area contributed by atoms with Crippen molar-refractivity contribution < 1.29 is 14.1 Å². The molecule has 1 aromatic heterocycles. The Hall–Kier alpha value is -2.77. The summed E-state index contributed by atoms with van der Waals surface area (Å²) in [5.74, 6) is -0.866. The lowest BCUT2D eigenvalue weighted by Crippen LogP contribution is -2.05. The second-order valence-corrected chi connectivity index (χ2v) is 4.28. The molecule has 2 rings (SSSR count). The van der Waals surface area contributed by atoms with Crippen LogP contribution in [0.2, 0.25) is 0 Å². The summed E-state index contributed by atoms with van der Waals surface area (Å²) in [6, 6.07) is 4.54. The molecule has 1 aromatic carbocycles. The first-order valence-electron chi connectivity index (χ1n) is 6.07. The molecule has 21 heavy (non-hydrogen) atoms. The molecule has 0 saturated carbocycles. The molecule has 8 heteroatoms. The first kappa shape index (κ1) is 14.6. The van der Waals surface area contributed by atoms with Gasteiger partial charge in [-0.1, -0.05) is 12.1 Å². The average Bonchev–Trinajstić information content (AvgIpc) is 2.42. The Kier molecular flexibility index (Phi) is 3.97. The van der Waals surface area contributed by atoms with Gasteiger partial charge in [-0.25, -0.2) is 9.37 Å². The molecule has 7 nitrogen and oxygen atoms in total. The van der Waals surface area contributed by atoms with Gasteiger partial charge in [-0.05, 0) is 25.5 Å². The Bertz CT molecular complexity index is 706. The van der Waals surface area contributed by atoms with Gasteiger partial charge in [0, 0.05) is 7.05 Å². The molecule has 0 radical (unpaired) electrons. The lowest BCUT2D eigenvalue weighted by Gasteiger charge is -2.09. The van der Waals surface area contributed by atoms with Crippen LogP contribution in [0.15, 0.2) is 18.2 Å². The number of aromatic nitrogens is 2. The van der Waals surface area contributed by atoms with E-state index in [1.165, 1.54) is 13.0 Å². The van der Waals surface area contributed by atoms with Crippen molar-refractivity contribution in [3.63, 3.8) is 0 Å². The molecule has 0 aliphatic heterocycles. The third kappa shape index (κ3) is 2.88. The largest absolute Gasteiger partial charge is 0.430 e. The number of halogens is 1. The van der Waals surface area contributed by atoms with Crippen LogP contribution >= 0.6 is 0 Å². The zero-order valence-electron chi connectivity index (χ0n) is 11.7. The molecule has 0 saturated heterocycles. The predicted octanol–water partition coefficient (Wildman–Crippen LogP) is 2.97. The number of rotatable bonds is 4. The molecule has 0 amide bonds. The van der Waals surface area contributed by atoms with Crippen LogP contribution in [-0.2, 0) is 0 Å². The molecule has 0 spiro atoms. The Morgan fingerprint density at radius 1 is 1.33 bits per heavy atom. The van der Waals surface area contributed by atoms with Crippen LogP contribution in [0.4, 0.5) is 16.0 Å². The molecular formula is C13H13FN4O3. The first-order valence-corrected chi connectivity index (χ1v) is 6.07. The molecule has 1 heterocycles. The number of aryl methyl sites for hydroxylation is 2. The van der Waals surface area contributed by atoms with Crippen molar-refractivity contribution >= 4 is 11.6 Å². The number of hydrogen-bond acceptors (Lipinski definition) is 6. The number of nitro groups is 1. The third-order valence-corrected chi connectivity index (χ3v) is 2.80. The van der Waals surface area contributed by atoms with Gasteiger partial charge in [0.05, 0.1) is 4.92 Å². The maximum absolute atomic E-state index is 13.9. The number of nitrogens with one attached hydrogen (secondary N) is 1. The Morgan fingerprint density at radius 2 is 2.05 bits per heavy atom. The van der Waals surface area contributed by atoms with Crippen LogP contribution in [-0.4, -0.2) is 21.9 Å². The highest BCUT2D eigenvalue weighted by Gasteiger charge is 2.25. The van der Waals surface area contributed by atoms with Gasteiger partial charge in [0.25, 0.3) is 0 Å². The van der Waals surface area contributed by atoms with Crippen molar-refractivity contribution in [3.05, 3.63) is 45.4 Å². The van der Waals surface area contributed by atoms with Gasteiger partial charge in [-0.15, -0.1) is 0 Å². The van der Waals surface area contributed by atoms with Gasteiger partial charge < -0.3 is 10.1 Å². The molecule has 110 valence electrons. The van der Waals surface area contributed by atoms with Gasteiger partial charge in [0.1, 0.15) is 5.69 Å². The Morgan fingerprint density at radius 3 is 2.67 bits per heavy atom. The zero-order chi connectivity index (χ0) is 15.6. The fraction of sp³-hybridized carbons (Fsp3) is 0.231. The van der Waals surface area contributed by atoms with Crippen molar-refractivity contribution in [1.29, 1.82) is 0 Å². The van der Waals surface area contributed by atoms with Crippen LogP contribution in [0.5, 0.6) is 11.6 Å². The molecule has 0 atom stereocenters. The minimum atomic E-state index is -0.655. The van der Waals surface area contributed by atoms with E-state index in [4.69, 9.17) is 4.74 Å². The van der Waals surface area contributed by atoms with Crippen LogP contribution in [0.25, 0.3) is 0 Å². The molecule has 1 N–H and O–H groups in total. The molecule has 0 fully saturated rings. The zero-order valence-corrected chi connectivity index (χ0v) is 11.7. The van der Waals surface area contributed by atoms with Crippen LogP contribution in [0, 0.1) is 29.8 Å². The normalized spacial score (nSPS) is 10.3. The van der Waals surface area contributed by atoms with Gasteiger partial charge >= 0.3 is 11.6 Å². The summed E-state index contributed by atoms with van der Waals surface area (Å²) in [6.07, 6.45) is 0. The summed E-state index contributed by atoms with van der Waals surface area (Å²) in [5, 5.41) is 13.8. The highest BCUT2D eigenvalue weighted by atomic mass is 19.1. The van der Waals surface area contributed by atoms with E-state index in [9.17, 15) is 14.5 Å². The van der Waals surface area contributed by atoms with Crippen molar-refractivity contribution in [3.8, 4) is 11.6 Å². The molecule has 0 unspecified atom stereocenters. The minimum absolute atomic E-state index is 0.127. The van der Waals surface area contributed by atoms with Gasteiger partial charge in [0.15, 0.2) is 11.6 Å². The Labute approximate surface area is 120 Å². The van der Waals surface area contributed by atoms with Crippen LogP contribution < -0.4 is 10.1 Å². The van der Waals surface area contributed by atoms with Crippen molar-refractivity contribution in [2.24, 2.45) is 0 Å². The summed E-state index contributed by atoms with van der Waals surface area (Å²) < 4.78 is 19.2. The highest BCUT2D eigenvalue weighted by Crippen LogP contribution is 2.33. The number of nitrogens with zero attached hydrogens (tertiary/aromatic N) is 3. The minimum Gasteiger partial charge on any atom is -0.430 e. The summed E-state index contributed by atoms with van der Waals surface area (Å²) >= 11 is 0. The van der Waals surface area contributed by atoms with Gasteiger partial charge in [-0.2, -0.15) is 4.98 Å². The number of benzene rings is 1. The summed E-state index contributed by atoms with van der Waals surface area (Å²) in [5.41, 5.74) is 0.104. The van der Waals surface area contributed by atoms with Crippen molar-refractivity contribution in [2.45, 2.75) is 13.8 Å². The number of anilines is 1. The molecular weight excluding hydrogens is 279 g/mol. The summed E-state index contributed by atoms with van der Waals surface area (Å²) in [7, 11) is 1.57. The molecule has 0 aliphatic carbocycles. The van der Waals surface area contributed by atoms with E-state index in [-0.39, 0.29) is 23.3 Å². The maximum Gasteiger partial charge on any atom is 0.352 e. The first-order chi connectivity index (χ1) is 9.93. The topological polar surface area (TPSA) is 90.2 Å². The maximum atomic E-state index is 13.9. The fourth-order valence-electron chi connectivity index (χ4n) is 1.74. The number of hydrogen-bond donors (Lipinski definition) is 1. The second-order valence-electron chi connectivity index (χ2n) is 4.28. The molecule has 0 bridgehead atoms. The average molecular weight is 292 g/mol. The van der Waals surface area contributed by atoms with E-state index < -0.39 is 16.4 Å². The predicted molar refractivity (Wildman–Crippen MR) is 74.2 cm³/mol. The smallest absolute Gasteiger partial charge is 0.352 e. The second kappa shape index (κ2) is 5.70. The summed E-state index contributed by atoms with van der Waals surface area (Å²) in [4.78, 5) is 18.3. The van der Waals surface area contributed by atoms with Crippen LogP contribution in [0.3, 0.4) is 0 Å². The van der Waals surface area contributed by atoms with E-state index in [2.05, 4.69) is 15.3 Å². The fourth-order valence-corrected chi connectivity index (χ4v) is 1.74. The van der Waals surface area contributed by atoms with Gasteiger partial charge in [0.2, 0.25) is 5.95 Å². The van der Waals surface area contributed by atoms with E-state index >= 15 is 0 Å². The lowest BCUT2D eigenvalue weighted by molar-refractivity contribution is -0.386. The van der Waals surface area contributed by atoms with Crippen molar-refractivity contribution in [1.82, 2.24) is 9.97 Å². The quantitative estimate of drug-likeness (QED) is 0.688. The van der Waals surface area contributed by atoms with Crippen LogP contribution in [0.1, 0.15) is 11.3 Å². The molecule has 0 aliphatic rings. The Balaban J connectivity index is 2.54. The molecule has 2 aromatic rings. The third-order valence-electron chi connectivity index (χ3n) is 2.80.